The van der Waals surface area contributed by atoms with Crippen LogP contribution in [0.1, 0.15) is 163 Å². The van der Waals surface area contributed by atoms with Crippen molar-refractivity contribution in [3.63, 3.8) is 0 Å². The molecule has 0 spiro atoms. The van der Waals surface area contributed by atoms with E-state index in [4.69, 9.17) is 18.9 Å². The molecule has 0 unspecified atom stereocenters. The second kappa shape index (κ2) is 27.2. The molecule has 0 radical (unpaired) electrons. The van der Waals surface area contributed by atoms with E-state index in [9.17, 15) is 33.9 Å². The van der Waals surface area contributed by atoms with Crippen molar-refractivity contribution in [1.82, 2.24) is 40.9 Å². The number of likely N-dealkylation sites (N-methyl/N-ethyl adjacent to an activating group) is 2. The molecule has 2 saturated heterocycles. The van der Waals surface area contributed by atoms with Gasteiger partial charge in [-0.2, -0.15) is 0 Å². The number of nitrogens with zero attached hydrogens (tertiary/aromatic N) is 4. The maximum atomic E-state index is 15.0. The van der Waals surface area contributed by atoms with Gasteiger partial charge in [-0.1, -0.05) is 90.1 Å². The van der Waals surface area contributed by atoms with Crippen LogP contribution in [0.4, 0.5) is 9.59 Å². The zero-order valence-corrected chi connectivity index (χ0v) is 51.7. The summed E-state index contributed by atoms with van der Waals surface area (Å²) in [7, 11) is 2.78. The number of rotatable bonds is 18. The molecular formula is C62H94N8O13. The van der Waals surface area contributed by atoms with Crippen molar-refractivity contribution >= 4 is 47.6 Å². The number of carbonyl (C=O) groups excluding carboxylic acids is 8. The third-order valence-corrected chi connectivity index (χ3v) is 15.9. The number of hydrogen-bond acceptors (Lipinski definition) is 13. The van der Waals surface area contributed by atoms with Gasteiger partial charge >= 0.3 is 12.2 Å². The molecule has 10 atom stereocenters. The third kappa shape index (κ3) is 17.2. The first-order valence-corrected chi connectivity index (χ1v) is 29.4. The van der Waals surface area contributed by atoms with Crippen LogP contribution < -0.4 is 21.3 Å². The van der Waals surface area contributed by atoms with Crippen LogP contribution in [0.3, 0.4) is 0 Å². The van der Waals surface area contributed by atoms with Crippen LogP contribution in [0.5, 0.6) is 0 Å². The highest BCUT2D eigenvalue weighted by Gasteiger charge is 2.49. The Kier molecular flexibility index (Phi) is 21.5. The molecule has 8 amide bonds. The molecule has 2 aromatic carbocycles. The molecule has 21 heteroatoms. The highest BCUT2D eigenvalue weighted by molar-refractivity contribution is 5.96. The summed E-state index contributed by atoms with van der Waals surface area (Å²) < 4.78 is 23.9. The summed E-state index contributed by atoms with van der Waals surface area (Å²) in [6, 6.07) is 8.63. The molecule has 460 valence electrons. The lowest BCUT2D eigenvalue weighted by molar-refractivity contribution is -0.145. The molecule has 2 aromatic rings. The lowest BCUT2D eigenvalue weighted by atomic mass is 9.85. The summed E-state index contributed by atoms with van der Waals surface area (Å²) >= 11 is 0. The number of fused-ring (bicyclic) bond motifs is 2. The van der Waals surface area contributed by atoms with Crippen LogP contribution in [0.15, 0.2) is 48.5 Å². The molecule has 2 fully saturated rings. The number of hydrogen-bond donors (Lipinski definition) is 5. The second-order valence-electron chi connectivity index (χ2n) is 26.9. The highest BCUT2D eigenvalue weighted by atomic mass is 16.6. The van der Waals surface area contributed by atoms with Gasteiger partial charge in [0, 0.05) is 40.0 Å². The van der Waals surface area contributed by atoms with Crippen molar-refractivity contribution in [3.05, 3.63) is 70.8 Å². The molecule has 5 N–H and O–H groups in total. The number of aryl methyl sites for hydroxylation is 2. The van der Waals surface area contributed by atoms with E-state index >= 15 is 9.59 Å². The van der Waals surface area contributed by atoms with E-state index in [1.165, 1.54) is 28.8 Å². The van der Waals surface area contributed by atoms with Gasteiger partial charge in [0.25, 0.3) is 0 Å². The largest absolute Gasteiger partial charge is 0.444 e. The van der Waals surface area contributed by atoms with Crippen LogP contribution in [-0.4, -0.2) is 179 Å². The fraction of sp³-hybridized carbons (Fsp3) is 0.677. The monoisotopic (exact) mass is 1160 g/mol. The van der Waals surface area contributed by atoms with Crippen LogP contribution in [0.2, 0.25) is 0 Å². The predicted molar refractivity (Wildman–Crippen MR) is 311 cm³/mol. The normalized spacial score (nSPS) is 22.4. The molecule has 2 aliphatic carbocycles. The Hall–Kier alpha value is -6.32. The first-order chi connectivity index (χ1) is 38.7. The zero-order chi connectivity index (χ0) is 61.5. The van der Waals surface area contributed by atoms with Crippen LogP contribution >= 0.6 is 0 Å². The fourth-order valence-electron chi connectivity index (χ4n) is 11.2. The summed E-state index contributed by atoms with van der Waals surface area (Å²) in [6.45, 7) is 21.8. The lowest BCUT2D eigenvalue weighted by Crippen LogP contribution is -2.61. The number of nitrogens with one attached hydrogen (secondary N) is 4. The van der Waals surface area contributed by atoms with E-state index in [1.54, 1.807) is 69.2 Å². The molecule has 6 rings (SSSR count). The molecule has 0 saturated carbocycles. The van der Waals surface area contributed by atoms with Gasteiger partial charge < -0.3 is 55.1 Å². The van der Waals surface area contributed by atoms with Crippen molar-refractivity contribution in [2.75, 3.05) is 47.0 Å². The SMILES string of the molecule is C[C@@H](C(=O)N[C@H](C(=O)N1C[C@@H](OCCO[C@H]2C[C@@H](C(=O)N[C@@H]3CCCc4ccccc43)N(C(=O)[C@@H](NC(=O)[C@H](CO)N(C)C(=O)OC(C)(C)C)C(C)(C)C)C2)C[C@H]1C(=O)N[C@@H]1CCCc2ccccc21)C(C)(C)C)N(C)C(=O)OC(C)(C)C. The van der Waals surface area contributed by atoms with Crippen molar-refractivity contribution in [2.24, 2.45) is 10.8 Å². The van der Waals surface area contributed by atoms with Crippen LogP contribution in [-0.2, 0) is 60.6 Å². The number of amides is 8. The Morgan fingerprint density at radius 2 is 0.976 bits per heavy atom. The molecular weight excluding hydrogens is 1060 g/mol. The highest BCUT2D eigenvalue weighted by Crippen LogP contribution is 2.35. The van der Waals surface area contributed by atoms with E-state index < -0.39 is 113 Å². The van der Waals surface area contributed by atoms with E-state index in [1.807, 2.05) is 57.2 Å². The number of ether oxygens (including phenoxy) is 4. The second-order valence-corrected chi connectivity index (χ2v) is 26.9. The first kappa shape index (κ1) is 65.8. The smallest absolute Gasteiger partial charge is 0.410 e. The quantitative estimate of drug-likeness (QED) is 0.109. The van der Waals surface area contributed by atoms with Crippen LogP contribution in [0, 0.1) is 10.8 Å². The Morgan fingerprint density at radius 3 is 1.36 bits per heavy atom. The van der Waals surface area contributed by atoms with Gasteiger partial charge in [0.1, 0.15) is 47.5 Å². The average Bonchev–Trinajstić information content (AvgIpc) is 4.30. The Labute approximate surface area is 490 Å². The number of aliphatic hydroxyl groups is 1. The van der Waals surface area contributed by atoms with Gasteiger partial charge in [-0.05, 0) is 120 Å². The fourth-order valence-corrected chi connectivity index (χ4v) is 11.2. The lowest BCUT2D eigenvalue weighted by Gasteiger charge is -2.37. The number of aliphatic hydroxyl groups excluding tert-OH is 1. The minimum Gasteiger partial charge on any atom is -0.444 e. The Balaban J connectivity index is 1.20. The average molecular weight is 1160 g/mol. The van der Waals surface area contributed by atoms with E-state index in [0.717, 1.165) is 59.3 Å². The zero-order valence-electron chi connectivity index (χ0n) is 51.7. The number of benzene rings is 2. The Bertz CT molecular complexity index is 2660. The Morgan fingerprint density at radius 1 is 0.590 bits per heavy atom. The maximum absolute atomic E-state index is 15.0. The van der Waals surface area contributed by atoms with E-state index in [-0.39, 0.29) is 63.0 Å². The van der Waals surface area contributed by atoms with Gasteiger partial charge in [0.05, 0.1) is 44.1 Å². The number of carbonyl (C=O) groups is 8. The predicted octanol–water partition coefficient (Wildman–Crippen LogP) is 5.89. The summed E-state index contributed by atoms with van der Waals surface area (Å²) in [5, 5.41) is 22.6. The van der Waals surface area contributed by atoms with Gasteiger partial charge in [-0.3, -0.25) is 38.6 Å². The van der Waals surface area contributed by atoms with E-state index in [2.05, 4.69) is 33.4 Å². The standard InChI is InChI=1S/C62H94N8O13/c1-37(67(14)57(78)82-61(8,9)10)51(72)65-49(59(2,3)4)55(76)69-34-40(32-46(69)52(73)63-44-28-20-24-38-22-16-18-26-42(38)44)80-30-31-81-41-33-47(53(74)64-45-29-21-25-39-23-17-19-27-43(39)45)70(35-41)56(77)50(60(5,6)7)66-54(75)48(36-71)68(15)58(79)83-62(11,12)13/h16-19,22-23,26-27,37,40-41,44-50,71H,20-21,24-25,28-36H2,1-15H3,(H,63,73)(H,64,74)(H,65,72)(H,66,75)/t37-,40-,41-,44+,45+,46-,47-,48-,49+,50+/m0/s1. The van der Waals surface area contributed by atoms with Gasteiger partial charge in [-0.15, -0.1) is 0 Å². The van der Waals surface area contributed by atoms with Gasteiger partial charge in [-0.25, -0.2) is 9.59 Å². The minimum absolute atomic E-state index is 0.00947. The molecule has 2 aliphatic heterocycles. The van der Waals surface area contributed by atoms with Crippen molar-refractivity contribution in [2.45, 2.75) is 213 Å². The van der Waals surface area contributed by atoms with E-state index in [0.29, 0.717) is 6.42 Å². The third-order valence-electron chi connectivity index (χ3n) is 15.9. The van der Waals surface area contributed by atoms with Crippen LogP contribution in [0.25, 0.3) is 0 Å². The summed E-state index contributed by atoms with van der Waals surface area (Å²) in [5.74, 6) is -3.17. The maximum Gasteiger partial charge on any atom is 0.410 e. The van der Waals surface area contributed by atoms with Gasteiger partial charge in [0.2, 0.25) is 35.4 Å². The van der Waals surface area contributed by atoms with Crippen molar-refractivity contribution in [1.29, 1.82) is 0 Å². The molecule has 0 aromatic heterocycles. The first-order valence-electron chi connectivity index (χ1n) is 29.4. The topological polar surface area (TPSA) is 255 Å². The summed E-state index contributed by atoms with van der Waals surface area (Å²) in [6.07, 6.45) is 2.32. The summed E-state index contributed by atoms with van der Waals surface area (Å²) in [4.78, 5) is 118. The van der Waals surface area contributed by atoms with Crippen molar-refractivity contribution < 1.29 is 62.4 Å². The summed E-state index contributed by atoms with van der Waals surface area (Å²) in [5.41, 5.74) is 0.874. The van der Waals surface area contributed by atoms with Crippen molar-refractivity contribution in [3.8, 4) is 0 Å². The molecule has 2 heterocycles. The van der Waals surface area contributed by atoms with Gasteiger partial charge in [0.15, 0.2) is 0 Å². The molecule has 21 nitrogen and oxygen atoms in total. The molecule has 4 aliphatic rings. The molecule has 0 bridgehead atoms. The minimum atomic E-state index is -1.40. The molecule has 83 heavy (non-hydrogen) atoms. The number of likely N-dealkylation sites (tertiary alicyclic amines) is 2.